The van der Waals surface area contributed by atoms with Gasteiger partial charge in [0.15, 0.2) is 0 Å². The number of aryl methyl sites for hydroxylation is 1. The highest BCUT2D eigenvalue weighted by Crippen LogP contribution is 2.34. The monoisotopic (exact) mass is 358 g/mol. The number of rotatable bonds is 4. The molecule has 1 aliphatic heterocycles. The SMILES string of the molecule is Cc1ccc2c(c1)C(O)C(C=NCc1ccc(S(N)(=O)=O)cc1)=CO2. The molecule has 0 amide bonds. The van der Waals surface area contributed by atoms with E-state index in [1.54, 1.807) is 18.3 Å². The Morgan fingerprint density at radius 1 is 1.24 bits per heavy atom. The smallest absolute Gasteiger partial charge is 0.238 e. The third-order valence-electron chi connectivity index (χ3n) is 3.86. The van der Waals surface area contributed by atoms with E-state index in [1.807, 2.05) is 25.1 Å². The van der Waals surface area contributed by atoms with Crippen LogP contribution < -0.4 is 9.88 Å². The maximum atomic E-state index is 11.2. The average Bonchev–Trinajstić information content (AvgIpc) is 2.57. The number of benzene rings is 2. The Labute approximate surface area is 146 Å². The van der Waals surface area contributed by atoms with Crippen LogP contribution in [0.5, 0.6) is 5.75 Å². The van der Waals surface area contributed by atoms with E-state index in [-0.39, 0.29) is 4.90 Å². The molecule has 2 aromatic rings. The van der Waals surface area contributed by atoms with E-state index < -0.39 is 16.1 Å². The minimum Gasteiger partial charge on any atom is -0.464 e. The predicted molar refractivity (Wildman–Crippen MR) is 94.9 cm³/mol. The van der Waals surface area contributed by atoms with Crippen LogP contribution in [0, 0.1) is 6.92 Å². The lowest BCUT2D eigenvalue weighted by molar-refractivity contribution is 0.206. The van der Waals surface area contributed by atoms with Crippen molar-refractivity contribution in [3.8, 4) is 5.75 Å². The molecule has 3 rings (SSSR count). The number of hydrogen-bond acceptors (Lipinski definition) is 5. The van der Waals surface area contributed by atoms with Gasteiger partial charge in [0, 0.05) is 17.4 Å². The van der Waals surface area contributed by atoms with Gasteiger partial charge in [-0.25, -0.2) is 13.6 Å². The van der Waals surface area contributed by atoms with Crippen molar-refractivity contribution in [3.05, 3.63) is 71.0 Å². The van der Waals surface area contributed by atoms with E-state index in [0.717, 1.165) is 11.1 Å². The highest BCUT2D eigenvalue weighted by molar-refractivity contribution is 7.89. The Morgan fingerprint density at radius 3 is 2.64 bits per heavy atom. The van der Waals surface area contributed by atoms with Crippen molar-refractivity contribution in [3.63, 3.8) is 0 Å². The Morgan fingerprint density at radius 2 is 1.96 bits per heavy atom. The molecule has 6 nitrogen and oxygen atoms in total. The van der Waals surface area contributed by atoms with Crippen molar-refractivity contribution in [2.24, 2.45) is 10.1 Å². The normalized spacial score (nSPS) is 17.1. The largest absolute Gasteiger partial charge is 0.464 e. The molecule has 25 heavy (non-hydrogen) atoms. The second-order valence-corrected chi connectivity index (χ2v) is 7.40. The third kappa shape index (κ3) is 3.96. The Hall–Kier alpha value is -2.48. The quantitative estimate of drug-likeness (QED) is 0.818. The standard InChI is InChI=1S/C18H18N2O4S/c1-12-2-7-17-16(8-12)18(21)14(11-24-17)10-20-9-13-3-5-15(6-4-13)25(19,22)23/h2-8,10-11,18,21H,9H2,1H3,(H2,19,22,23). The van der Waals surface area contributed by atoms with Crippen molar-refractivity contribution in [1.82, 2.24) is 0 Å². The molecule has 0 aliphatic carbocycles. The molecule has 1 atom stereocenters. The Kier molecular flexibility index (Phi) is 4.71. The summed E-state index contributed by atoms with van der Waals surface area (Å²) in [4.78, 5) is 4.35. The molecule has 0 aromatic heterocycles. The first-order chi connectivity index (χ1) is 11.8. The van der Waals surface area contributed by atoms with Gasteiger partial charge in [0.25, 0.3) is 0 Å². The molecule has 0 spiro atoms. The lowest BCUT2D eigenvalue weighted by Gasteiger charge is -2.21. The maximum Gasteiger partial charge on any atom is 0.238 e. The van der Waals surface area contributed by atoms with E-state index in [4.69, 9.17) is 9.88 Å². The summed E-state index contributed by atoms with van der Waals surface area (Å²) in [6, 6.07) is 11.8. The molecule has 1 aliphatic rings. The zero-order chi connectivity index (χ0) is 18.0. The van der Waals surface area contributed by atoms with Gasteiger partial charge in [-0.05, 0) is 36.8 Å². The van der Waals surface area contributed by atoms with Crippen LogP contribution in [0.25, 0.3) is 0 Å². The van der Waals surface area contributed by atoms with Crippen LogP contribution in [0.1, 0.15) is 22.8 Å². The summed E-state index contributed by atoms with van der Waals surface area (Å²) in [6.45, 7) is 2.29. The minimum absolute atomic E-state index is 0.0611. The zero-order valence-corrected chi connectivity index (χ0v) is 14.4. The van der Waals surface area contributed by atoms with Gasteiger partial charge in [0.05, 0.1) is 17.7 Å². The number of aliphatic imine (C=N–C) groups is 1. The van der Waals surface area contributed by atoms with E-state index in [0.29, 0.717) is 23.4 Å². The minimum atomic E-state index is -3.69. The number of primary sulfonamides is 1. The van der Waals surface area contributed by atoms with Crippen molar-refractivity contribution in [2.75, 3.05) is 0 Å². The van der Waals surface area contributed by atoms with Crippen LogP contribution in [0.15, 0.2) is 64.2 Å². The van der Waals surface area contributed by atoms with Gasteiger partial charge in [0.1, 0.15) is 11.9 Å². The maximum absolute atomic E-state index is 11.2. The van der Waals surface area contributed by atoms with Gasteiger partial charge in [0.2, 0.25) is 10.0 Å². The van der Waals surface area contributed by atoms with E-state index in [1.165, 1.54) is 18.4 Å². The van der Waals surface area contributed by atoms with E-state index >= 15 is 0 Å². The fourth-order valence-corrected chi connectivity index (χ4v) is 3.02. The second-order valence-electron chi connectivity index (χ2n) is 5.84. The first-order valence-electron chi connectivity index (χ1n) is 7.61. The number of ether oxygens (including phenoxy) is 1. The molecular weight excluding hydrogens is 340 g/mol. The van der Waals surface area contributed by atoms with Crippen LogP contribution in [-0.2, 0) is 16.6 Å². The Bertz CT molecular complexity index is 948. The van der Waals surface area contributed by atoms with Crippen LogP contribution in [-0.4, -0.2) is 19.7 Å². The summed E-state index contributed by atoms with van der Waals surface area (Å²) < 4.78 is 28.0. The molecule has 130 valence electrons. The topological polar surface area (TPSA) is 102 Å². The molecular formula is C18H18N2O4S. The molecule has 0 radical (unpaired) electrons. The van der Waals surface area contributed by atoms with Crippen molar-refractivity contribution in [1.29, 1.82) is 0 Å². The van der Waals surface area contributed by atoms with Crippen LogP contribution in [0.4, 0.5) is 0 Å². The van der Waals surface area contributed by atoms with Crippen molar-refractivity contribution < 1.29 is 18.3 Å². The molecule has 7 heteroatoms. The lowest BCUT2D eigenvalue weighted by atomic mass is 9.98. The summed E-state index contributed by atoms with van der Waals surface area (Å²) in [5, 5.41) is 15.5. The summed E-state index contributed by atoms with van der Waals surface area (Å²) in [5.74, 6) is 0.633. The van der Waals surface area contributed by atoms with Gasteiger partial charge in [-0.3, -0.25) is 4.99 Å². The van der Waals surface area contributed by atoms with Crippen LogP contribution in [0.3, 0.4) is 0 Å². The molecule has 1 heterocycles. The fourth-order valence-electron chi connectivity index (χ4n) is 2.51. The van der Waals surface area contributed by atoms with Gasteiger partial charge in [-0.1, -0.05) is 23.8 Å². The highest BCUT2D eigenvalue weighted by atomic mass is 32.2. The molecule has 0 bridgehead atoms. The van der Waals surface area contributed by atoms with Gasteiger partial charge in [-0.15, -0.1) is 0 Å². The van der Waals surface area contributed by atoms with Crippen LogP contribution in [0.2, 0.25) is 0 Å². The molecule has 0 saturated carbocycles. The number of aliphatic hydroxyl groups excluding tert-OH is 1. The Balaban J connectivity index is 1.70. The summed E-state index contributed by atoms with van der Waals surface area (Å²) in [5.41, 5.74) is 3.13. The highest BCUT2D eigenvalue weighted by Gasteiger charge is 2.21. The summed E-state index contributed by atoms with van der Waals surface area (Å²) in [7, 11) is -3.69. The third-order valence-corrected chi connectivity index (χ3v) is 4.79. The van der Waals surface area contributed by atoms with Gasteiger partial charge < -0.3 is 9.84 Å². The predicted octanol–water partition coefficient (Wildman–Crippen LogP) is 2.22. The van der Waals surface area contributed by atoms with E-state index in [9.17, 15) is 13.5 Å². The zero-order valence-electron chi connectivity index (χ0n) is 13.6. The number of fused-ring (bicyclic) bond motifs is 1. The van der Waals surface area contributed by atoms with Crippen molar-refractivity contribution in [2.45, 2.75) is 24.5 Å². The van der Waals surface area contributed by atoms with Gasteiger partial charge >= 0.3 is 0 Å². The summed E-state index contributed by atoms with van der Waals surface area (Å²) >= 11 is 0. The molecule has 3 N–H and O–H groups in total. The number of nitrogens with two attached hydrogens (primary N) is 1. The first-order valence-corrected chi connectivity index (χ1v) is 9.16. The molecule has 0 fully saturated rings. The number of aliphatic hydroxyl groups is 1. The van der Waals surface area contributed by atoms with E-state index in [2.05, 4.69) is 4.99 Å². The second kappa shape index (κ2) is 6.79. The van der Waals surface area contributed by atoms with Gasteiger partial charge in [-0.2, -0.15) is 0 Å². The summed E-state index contributed by atoms with van der Waals surface area (Å²) in [6.07, 6.45) is 2.25. The fraction of sp³-hybridized carbons (Fsp3) is 0.167. The number of sulfonamides is 1. The van der Waals surface area contributed by atoms with Crippen LogP contribution >= 0.6 is 0 Å². The average molecular weight is 358 g/mol. The van der Waals surface area contributed by atoms with Crippen molar-refractivity contribution >= 4 is 16.2 Å². The number of hydrogen-bond donors (Lipinski definition) is 2. The molecule has 2 aromatic carbocycles. The molecule has 1 unspecified atom stereocenters. The number of nitrogens with zero attached hydrogens (tertiary/aromatic N) is 1. The lowest BCUT2D eigenvalue weighted by Crippen LogP contribution is -2.12. The molecule has 0 saturated heterocycles. The first kappa shape index (κ1) is 17.3.